The smallest absolute Gasteiger partial charge is 0.197 e. The number of halogens is 18. The molecule has 0 fully saturated rings. The maximum Gasteiger partial charge on any atom is 0.460 e. The van der Waals surface area contributed by atoms with Crippen LogP contribution < -0.4 is 0 Å². The van der Waals surface area contributed by atoms with Gasteiger partial charge in [0.15, 0.2) is 0 Å². The minimum absolute atomic E-state index is 1.76. The van der Waals surface area contributed by atoms with E-state index < -0.39 is 59.6 Å². The molecule has 0 aliphatic rings. The van der Waals surface area contributed by atoms with E-state index in [0.29, 0.717) is 0 Å². The van der Waals surface area contributed by atoms with Crippen molar-refractivity contribution in [3.63, 3.8) is 0 Å². The standard InChI is InChI=1S/C8F18O3S/c9-1(10,5(17,18)19)3(13,14)7(23,24)28-30(27)29-8(25,26)4(15,16)2(11,12)6(20,21)22. The first-order valence-corrected chi connectivity index (χ1v) is 6.81. The summed E-state index contributed by atoms with van der Waals surface area (Å²) in [4.78, 5) is 0. The molecule has 0 aromatic heterocycles. The minimum atomic E-state index is -7.81. The third kappa shape index (κ3) is 4.53. The third-order valence-corrected chi connectivity index (χ3v) is 3.27. The van der Waals surface area contributed by atoms with Gasteiger partial charge in [-0.25, -0.2) is 0 Å². The second-order valence-corrected chi connectivity index (χ2v) is 5.44. The van der Waals surface area contributed by atoms with Gasteiger partial charge in [0.2, 0.25) is 0 Å². The van der Waals surface area contributed by atoms with Crippen LogP contribution in [0.25, 0.3) is 0 Å². The maximum absolute atomic E-state index is 12.8. The van der Waals surface area contributed by atoms with Gasteiger partial charge in [-0.15, -0.1) is 0 Å². The zero-order chi connectivity index (χ0) is 25.0. The van der Waals surface area contributed by atoms with Crippen LogP contribution in [-0.4, -0.2) is 52.5 Å². The van der Waals surface area contributed by atoms with Crippen LogP contribution in [0.3, 0.4) is 0 Å². The van der Waals surface area contributed by atoms with Crippen LogP contribution in [0.2, 0.25) is 0 Å². The van der Waals surface area contributed by atoms with Crippen molar-refractivity contribution in [2.24, 2.45) is 0 Å². The first-order valence-electron chi connectivity index (χ1n) is 5.81. The Hall–Kier alpha value is -1.19. The molecule has 0 atom stereocenters. The van der Waals surface area contributed by atoms with Crippen molar-refractivity contribution in [1.82, 2.24) is 0 Å². The van der Waals surface area contributed by atoms with E-state index in [9.17, 15) is 83.2 Å². The third-order valence-electron chi connectivity index (χ3n) is 2.58. The lowest BCUT2D eigenvalue weighted by Gasteiger charge is -2.34. The second kappa shape index (κ2) is 7.45. The van der Waals surface area contributed by atoms with Crippen molar-refractivity contribution in [2.75, 3.05) is 0 Å². The van der Waals surface area contributed by atoms with Crippen molar-refractivity contribution in [3.05, 3.63) is 0 Å². The van der Waals surface area contributed by atoms with Crippen LogP contribution in [0.15, 0.2) is 0 Å². The molecule has 0 aliphatic carbocycles. The fraction of sp³-hybridized carbons (Fsp3) is 1.00. The van der Waals surface area contributed by atoms with Gasteiger partial charge in [0.25, 0.3) is 0 Å². The lowest BCUT2D eigenvalue weighted by Crippen LogP contribution is -2.63. The molecule has 182 valence electrons. The number of hydrogen-bond acceptors (Lipinski definition) is 3. The molecule has 0 spiro atoms. The zero-order valence-electron chi connectivity index (χ0n) is 12.4. The summed E-state index contributed by atoms with van der Waals surface area (Å²) in [5, 5.41) is 0. The van der Waals surface area contributed by atoms with E-state index in [-0.39, 0.29) is 0 Å². The second-order valence-electron chi connectivity index (χ2n) is 4.70. The predicted octanol–water partition coefficient (Wildman–Crippen LogP) is 5.45. The molecule has 3 nitrogen and oxygen atoms in total. The Morgan fingerprint density at radius 2 is 0.600 bits per heavy atom. The topological polar surface area (TPSA) is 35.5 Å². The van der Waals surface area contributed by atoms with E-state index in [0.717, 1.165) is 0 Å². The van der Waals surface area contributed by atoms with E-state index >= 15 is 0 Å². The molecule has 0 radical (unpaired) electrons. The minimum Gasteiger partial charge on any atom is -0.197 e. The molecule has 0 unspecified atom stereocenters. The van der Waals surface area contributed by atoms with Gasteiger partial charge in [-0.1, -0.05) is 0 Å². The molecular formula is C8F18O3S. The lowest BCUT2D eigenvalue weighted by molar-refractivity contribution is -0.436. The van der Waals surface area contributed by atoms with Crippen LogP contribution in [0.5, 0.6) is 0 Å². The SMILES string of the molecule is O=S(OC(F)(F)C(F)(F)C(F)(F)C(F)(F)F)OC(F)(F)C(F)(F)C(F)(F)C(F)(F)F. The summed E-state index contributed by atoms with van der Waals surface area (Å²) in [5.41, 5.74) is 0. The van der Waals surface area contributed by atoms with Crippen molar-refractivity contribution >= 4 is 11.4 Å². The summed E-state index contributed by atoms with van der Waals surface area (Å²) >= 11 is -5.74. The summed E-state index contributed by atoms with van der Waals surface area (Å²) in [6.45, 7) is 0. The summed E-state index contributed by atoms with van der Waals surface area (Å²) in [6, 6.07) is 0. The Morgan fingerprint density at radius 3 is 0.767 bits per heavy atom. The Kier molecular flexibility index (Phi) is 7.15. The van der Waals surface area contributed by atoms with E-state index in [1.165, 1.54) is 0 Å². The molecule has 0 saturated carbocycles. The highest BCUT2D eigenvalue weighted by Crippen LogP contribution is 2.55. The monoisotopic (exact) mass is 518 g/mol. The van der Waals surface area contributed by atoms with E-state index in [1.54, 1.807) is 8.37 Å². The Morgan fingerprint density at radius 1 is 0.400 bits per heavy atom. The molecule has 0 aromatic carbocycles. The highest BCUT2D eigenvalue weighted by molar-refractivity contribution is 7.75. The van der Waals surface area contributed by atoms with E-state index in [1.807, 2.05) is 0 Å². The lowest BCUT2D eigenvalue weighted by atomic mass is 10.1. The van der Waals surface area contributed by atoms with Crippen LogP contribution in [0, 0.1) is 0 Å². The van der Waals surface area contributed by atoms with E-state index in [4.69, 9.17) is 0 Å². The van der Waals surface area contributed by atoms with E-state index in [2.05, 4.69) is 0 Å². The summed E-state index contributed by atoms with van der Waals surface area (Å²) in [7, 11) is 0. The molecule has 22 heteroatoms. The van der Waals surface area contributed by atoms with Crippen molar-refractivity contribution < 1.29 is 91.6 Å². The number of rotatable bonds is 8. The normalized spacial score (nSPS) is 16.4. The molecule has 0 amide bonds. The Labute approximate surface area is 152 Å². The highest BCUT2D eigenvalue weighted by atomic mass is 32.2. The first-order chi connectivity index (χ1) is 12.6. The fourth-order valence-corrected chi connectivity index (χ4v) is 1.60. The van der Waals surface area contributed by atoms with Crippen LogP contribution in [0.1, 0.15) is 0 Å². The van der Waals surface area contributed by atoms with Crippen LogP contribution in [-0.2, 0) is 19.7 Å². The first kappa shape index (κ1) is 28.8. The van der Waals surface area contributed by atoms with Gasteiger partial charge in [0, 0.05) is 0 Å². The molecule has 0 heterocycles. The molecule has 0 aliphatic heterocycles. The van der Waals surface area contributed by atoms with Gasteiger partial charge in [0.1, 0.15) is 0 Å². The molecule has 0 saturated heterocycles. The highest BCUT2D eigenvalue weighted by Gasteiger charge is 2.85. The number of hydrogen-bond donors (Lipinski definition) is 0. The molecule has 0 rings (SSSR count). The predicted molar refractivity (Wildman–Crippen MR) is 52.1 cm³/mol. The van der Waals surface area contributed by atoms with Gasteiger partial charge >= 0.3 is 59.6 Å². The van der Waals surface area contributed by atoms with Gasteiger partial charge < -0.3 is 0 Å². The van der Waals surface area contributed by atoms with Gasteiger partial charge in [0.05, 0.1) is 0 Å². The quantitative estimate of drug-likeness (QED) is 0.402. The Balaban J connectivity index is 5.84. The maximum atomic E-state index is 12.8. The molecule has 30 heavy (non-hydrogen) atoms. The zero-order valence-corrected chi connectivity index (χ0v) is 13.3. The average molecular weight is 518 g/mol. The summed E-state index contributed by atoms with van der Waals surface area (Å²) in [5.74, 6) is -31.1. The van der Waals surface area contributed by atoms with Gasteiger partial charge in [-0.05, 0) is 0 Å². The fourth-order valence-electron chi connectivity index (χ4n) is 1.01. The molecule has 0 bridgehead atoms. The van der Waals surface area contributed by atoms with Crippen LogP contribution >= 0.6 is 0 Å². The van der Waals surface area contributed by atoms with Crippen molar-refractivity contribution in [1.29, 1.82) is 0 Å². The van der Waals surface area contributed by atoms with Gasteiger partial charge in [-0.3, -0.25) is 0 Å². The van der Waals surface area contributed by atoms with Crippen LogP contribution in [0.4, 0.5) is 79.0 Å². The molecular weight excluding hydrogens is 518 g/mol. The summed E-state index contributed by atoms with van der Waals surface area (Å²) in [6.07, 6.45) is -29.9. The Bertz CT molecular complexity index is 593. The number of alkyl halides is 18. The van der Waals surface area contributed by atoms with Gasteiger partial charge in [-0.2, -0.15) is 91.6 Å². The molecule has 0 N–H and O–H groups in total. The molecule has 0 aromatic rings. The van der Waals surface area contributed by atoms with Crippen molar-refractivity contribution in [3.8, 4) is 0 Å². The largest absolute Gasteiger partial charge is 0.460 e. The summed E-state index contributed by atoms with van der Waals surface area (Å²) < 4.78 is 236. The van der Waals surface area contributed by atoms with Crippen molar-refractivity contribution in [2.45, 2.75) is 48.3 Å². The average Bonchev–Trinajstić information content (AvgIpc) is 2.42.